The molecule has 0 spiro atoms. The minimum Gasteiger partial charge on any atom is -0.462 e. The van der Waals surface area contributed by atoms with E-state index in [-0.39, 0.29) is 12.8 Å². The van der Waals surface area contributed by atoms with Crippen molar-refractivity contribution < 1.29 is 63.1 Å². The summed E-state index contributed by atoms with van der Waals surface area (Å²) in [6.45, 7) is 3.06. The molecule has 0 saturated heterocycles. The lowest BCUT2D eigenvalue weighted by molar-refractivity contribution is -0.220. The second-order valence-corrected chi connectivity index (χ2v) is 14.8. The molecule has 1 aliphatic carbocycles. The number of esters is 2. The van der Waals surface area contributed by atoms with Crippen LogP contribution in [0.4, 0.5) is 0 Å². The average molecular weight is 775 g/mol. The highest BCUT2D eigenvalue weighted by molar-refractivity contribution is 7.47. The molecule has 1 rings (SSSR count). The van der Waals surface area contributed by atoms with Crippen LogP contribution in [0.25, 0.3) is 0 Å². The predicted molar refractivity (Wildman–Crippen MR) is 203 cm³/mol. The summed E-state index contributed by atoms with van der Waals surface area (Å²) in [6, 6.07) is 0. The zero-order valence-corrected chi connectivity index (χ0v) is 32.7. The number of unbranched alkanes of at least 4 members (excludes halogenated alkanes) is 10. The fourth-order valence-corrected chi connectivity index (χ4v) is 6.43. The van der Waals surface area contributed by atoms with Gasteiger partial charge in [0.2, 0.25) is 0 Å². The van der Waals surface area contributed by atoms with Gasteiger partial charge in [-0.05, 0) is 64.2 Å². The molecule has 0 aromatic carbocycles. The van der Waals surface area contributed by atoms with Gasteiger partial charge in [0.05, 0.1) is 6.61 Å². The maximum absolute atomic E-state index is 12.7. The Bertz CT molecular complexity index is 1120. The highest BCUT2D eigenvalue weighted by atomic mass is 31.2. The Balaban J connectivity index is 2.58. The third-order valence-electron chi connectivity index (χ3n) is 8.65. The Morgan fingerprint density at radius 2 is 1.08 bits per heavy atom. The van der Waals surface area contributed by atoms with Crippen molar-refractivity contribution in [1.82, 2.24) is 0 Å². The van der Waals surface area contributed by atoms with Crippen molar-refractivity contribution in [2.45, 2.75) is 172 Å². The molecule has 6 N–H and O–H groups in total. The van der Waals surface area contributed by atoms with Gasteiger partial charge < -0.3 is 39.9 Å². The van der Waals surface area contributed by atoms with E-state index in [2.05, 4.69) is 62.5 Å². The number of hydrogen-bond acceptors (Lipinski definition) is 12. The monoisotopic (exact) mass is 774 g/mol. The molecule has 0 aromatic heterocycles. The number of hydrogen-bond donors (Lipinski definition) is 6. The van der Waals surface area contributed by atoms with E-state index in [0.29, 0.717) is 12.8 Å². The molecule has 6 unspecified atom stereocenters. The first-order chi connectivity index (χ1) is 25.4. The van der Waals surface area contributed by atoms with Crippen LogP contribution in [0.1, 0.15) is 129 Å². The number of carbonyl (C=O) groups excluding carboxylic acids is 2. The van der Waals surface area contributed by atoms with Gasteiger partial charge >= 0.3 is 19.8 Å². The molecule has 13 nitrogen and oxygen atoms in total. The molecule has 0 aliphatic heterocycles. The fourth-order valence-electron chi connectivity index (χ4n) is 5.46. The number of allylic oxidation sites excluding steroid dienone is 8. The first-order valence-electron chi connectivity index (χ1n) is 19.4. The minimum absolute atomic E-state index is 0.0581. The quantitative estimate of drug-likeness (QED) is 0.0213. The zero-order chi connectivity index (χ0) is 39.3. The Labute approximate surface area is 316 Å². The molecule has 0 radical (unpaired) electrons. The van der Waals surface area contributed by atoms with Crippen LogP contribution in [0.2, 0.25) is 0 Å². The lowest BCUT2D eigenvalue weighted by Crippen LogP contribution is -2.64. The number of carbonyl (C=O) groups is 2. The molecule has 14 heteroatoms. The Morgan fingerprint density at radius 3 is 1.68 bits per heavy atom. The third-order valence-corrected chi connectivity index (χ3v) is 9.64. The van der Waals surface area contributed by atoms with Crippen LogP contribution in [-0.4, -0.2) is 98.3 Å². The topological polar surface area (TPSA) is 210 Å². The highest BCUT2D eigenvalue weighted by Gasteiger charge is 2.51. The van der Waals surface area contributed by atoms with Crippen molar-refractivity contribution in [3.05, 3.63) is 48.6 Å². The van der Waals surface area contributed by atoms with Crippen LogP contribution in [-0.2, 0) is 32.7 Å². The van der Waals surface area contributed by atoms with Crippen LogP contribution in [0, 0.1) is 0 Å². The first kappa shape index (κ1) is 48.8. The number of aliphatic hydroxyl groups excluding tert-OH is 5. The van der Waals surface area contributed by atoms with E-state index in [4.69, 9.17) is 18.5 Å². The summed E-state index contributed by atoms with van der Waals surface area (Å²) < 4.78 is 33.3. The van der Waals surface area contributed by atoms with E-state index < -0.39 is 75.7 Å². The first-order valence-corrected chi connectivity index (χ1v) is 20.9. The van der Waals surface area contributed by atoms with Crippen molar-refractivity contribution in [3.63, 3.8) is 0 Å². The standard InChI is InChI=1S/C39H67O13P/c1-3-5-7-9-11-13-15-16-18-20-22-24-26-28-33(41)51-31(29-49-32(40)27-25-23-21-19-17-14-12-10-8-6-4-2)30-50-53(47,48)52-39-37(45)35(43)34(42)36(44)38(39)46/h5,7,10-13,16,18,31,34-39,42-46H,3-4,6,8-9,14-15,17,19-30H2,1-2H3,(H,47,48)/b7-5-,12-10-,13-11-,18-16-. The van der Waals surface area contributed by atoms with Gasteiger partial charge in [0.1, 0.15) is 43.2 Å². The molecule has 306 valence electrons. The summed E-state index contributed by atoms with van der Waals surface area (Å²) in [5, 5.41) is 49.9. The smallest absolute Gasteiger partial charge is 0.462 e. The molecule has 0 heterocycles. The van der Waals surface area contributed by atoms with Gasteiger partial charge in [-0.15, -0.1) is 0 Å². The number of ether oxygens (including phenoxy) is 2. The Hall–Kier alpha value is -2.19. The third kappa shape index (κ3) is 23.4. The summed E-state index contributed by atoms with van der Waals surface area (Å²) in [5.41, 5.74) is 0. The number of phosphoric ester groups is 1. The number of aliphatic hydroxyl groups is 5. The number of rotatable bonds is 30. The van der Waals surface area contributed by atoms with Gasteiger partial charge in [-0.3, -0.25) is 18.6 Å². The van der Waals surface area contributed by atoms with Gasteiger partial charge in [-0.25, -0.2) is 4.57 Å². The normalized spacial score (nSPS) is 24.0. The maximum Gasteiger partial charge on any atom is 0.472 e. The Morgan fingerprint density at radius 1 is 0.604 bits per heavy atom. The SMILES string of the molecule is CC/C=C\C/C=C\C/C=C\CCCCCC(=O)OC(COC(=O)CCCCCCC/C=C\CCCC)COP(=O)(O)OC1C(O)C(O)C(O)C(O)C1O. The molecular weight excluding hydrogens is 707 g/mol. The van der Waals surface area contributed by atoms with Crippen molar-refractivity contribution in [1.29, 1.82) is 0 Å². The van der Waals surface area contributed by atoms with Gasteiger partial charge in [-0.2, -0.15) is 0 Å². The average Bonchev–Trinajstić information content (AvgIpc) is 3.13. The largest absolute Gasteiger partial charge is 0.472 e. The van der Waals surface area contributed by atoms with Crippen LogP contribution in [0.5, 0.6) is 0 Å². The zero-order valence-electron chi connectivity index (χ0n) is 31.8. The summed E-state index contributed by atoms with van der Waals surface area (Å²) in [6.07, 6.45) is 19.1. The van der Waals surface area contributed by atoms with Crippen molar-refractivity contribution in [2.24, 2.45) is 0 Å². The van der Waals surface area contributed by atoms with Crippen LogP contribution >= 0.6 is 7.82 Å². The number of phosphoric acid groups is 1. The Kier molecular flexibility index (Phi) is 27.7. The summed E-state index contributed by atoms with van der Waals surface area (Å²) in [5.74, 6) is -1.15. The second kappa shape index (κ2) is 30.1. The molecular formula is C39H67O13P. The molecule has 0 aromatic rings. The maximum atomic E-state index is 12.7. The van der Waals surface area contributed by atoms with E-state index in [1.165, 1.54) is 12.8 Å². The van der Waals surface area contributed by atoms with Crippen LogP contribution in [0.15, 0.2) is 48.6 Å². The highest BCUT2D eigenvalue weighted by Crippen LogP contribution is 2.47. The molecule has 1 aliphatic rings. The molecule has 53 heavy (non-hydrogen) atoms. The molecule has 0 amide bonds. The van der Waals surface area contributed by atoms with Crippen LogP contribution in [0.3, 0.4) is 0 Å². The van der Waals surface area contributed by atoms with E-state index >= 15 is 0 Å². The van der Waals surface area contributed by atoms with Crippen molar-refractivity contribution in [2.75, 3.05) is 13.2 Å². The fraction of sp³-hybridized carbons (Fsp3) is 0.744. The van der Waals surface area contributed by atoms with Gasteiger partial charge in [0, 0.05) is 12.8 Å². The summed E-state index contributed by atoms with van der Waals surface area (Å²) >= 11 is 0. The van der Waals surface area contributed by atoms with Gasteiger partial charge in [0.25, 0.3) is 0 Å². The van der Waals surface area contributed by atoms with Gasteiger partial charge in [-0.1, -0.05) is 101 Å². The van der Waals surface area contributed by atoms with Crippen molar-refractivity contribution in [3.8, 4) is 0 Å². The van der Waals surface area contributed by atoms with Gasteiger partial charge in [0.15, 0.2) is 6.10 Å². The van der Waals surface area contributed by atoms with E-state index in [1.807, 2.05) is 0 Å². The molecule has 1 saturated carbocycles. The van der Waals surface area contributed by atoms with E-state index in [1.54, 1.807) is 0 Å². The lowest BCUT2D eigenvalue weighted by atomic mass is 9.85. The summed E-state index contributed by atoms with van der Waals surface area (Å²) in [4.78, 5) is 35.4. The van der Waals surface area contributed by atoms with E-state index in [9.17, 15) is 44.6 Å². The molecule has 1 fully saturated rings. The van der Waals surface area contributed by atoms with E-state index in [0.717, 1.165) is 77.0 Å². The predicted octanol–water partition coefficient (Wildman–Crippen LogP) is 6.05. The van der Waals surface area contributed by atoms with Crippen molar-refractivity contribution >= 4 is 19.8 Å². The molecule has 6 atom stereocenters. The second-order valence-electron chi connectivity index (χ2n) is 13.4. The summed E-state index contributed by atoms with van der Waals surface area (Å²) in [7, 11) is -5.12. The van der Waals surface area contributed by atoms with Crippen LogP contribution < -0.4 is 0 Å². The lowest BCUT2D eigenvalue weighted by Gasteiger charge is -2.41. The minimum atomic E-state index is -5.12. The molecule has 0 bridgehead atoms.